The van der Waals surface area contributed by atoms with Crippen LogP contribution in [-0.4, -0.2) is 44.9 Å². The normalized spacial score (nSPS) is 16.2. The molecule has 3 heterocycles. The lowest BCUT2D eigenvalue weighted by Gasteiger charge is -2.26. The summed E-state index contributed by atoms with van der Waals surface area (Å²) in [6.45, 7) is 3.51. The molecule has 2 aliphatic rings. The van der Waals surface area contributed by atoms with Gasteiger partial charge in [-0.3, -0.25) is 14.9 Å². The summed E-state index contributed by atoms with van der Waals surface area (Å²) < 4.78 is 1.90. The van der Waals surface area contributed by atoms with Crippen LogP contribution in [-0.2, 0) is 18.3 Å². The van der Waals surface area contributed by atoms with Crippen molar-refractivity contribution in [3.05, 3.63) is 106 Å². The number of nitrogens with one attached hydrogen (secondary N) is 2. The van der Waals surface area contributed by atoms with Gasteiger partial charge in [0.05, 0.1) is 28.2 Å². The summed E-state index contributed by atoms with van der Waals surface area (Å²) in [4.78, 5) is 31.4. The molecule has 2 N–H and O–H groups in total. The molecule has 2 aliphatic heterocycles. The zero-order valence-electron chi connectivity index (χ0n) is 23.7. The molecule has 9 heteroatoms. The van der Waals surface area contributed by atoms with Gasteiger partial charge < -0.3 is 20.1 Å². The van der Waals surface area contributed by atoms with Crippen molar-refractivity contribution in [1.82, 2.24) is 14.5 Å². The van der Waals surface area contributed by atoms with E-state index in [4.69, 9.17) is 0 Å². The quantitative estimate of drug-likeness (QED) is 0.140. The molecule has 0 unspecified atom stereocenters. The first-order valence-electron chi connectivity index (χ1n) is 14.5. The molecule has 0 radical (unpaired) electrons. The number of fused-ring (bicyclic) bond motifs is 1. The minimum absolute atomic E-state index is 0.0640. The molecule has 1 fully saturated rings. The standard InChI is InChI=1S/C33H34N6O3/c1-37-21-30(34-22-37)24-11-13-26(14-12-24)35-32(31-28-20-27(39(41)42)15-16-29(28)36-33(31)40)25-9-7-23(8-10-25)6-5-19-38-17-3-2-4-18-38/h7-16,20-22,35H,2-6,17-19H2,1H3,(H,36,40). The molecule has 42 heavy (non-hydrogen) atoms. The second kappa shape index (κ2) is 12.0. The molecule has 1 amide bonds. The van der Waals surface area contributed by atoms with Crippen LogP contribution in [0.25, 0.3) is 22.5 Å². The Balaban J connectivity index is 1.31. The van der Waals surface area contributed by atoms with Gasteiger partial charge in [0.25, 0.3) is 11.6 Å². The highest BCUT2D eigenvalue weighted by Crippen LogP contribution is 2.39. The van der Waals surface area contributed by atoms with Crippen molar-refractivity contribution < 1.29 is 9.72 Å². The van der Waals surface area contributed by atoms with E-state index in [0.717, 1.165) is 41.9 Å². The Morgan fingerprint density at radius 1 is 1.02 bits per heavy atom. The first-order valence-corrected chi connectivity index (χ1v) is 14.5. The highest BCUT2D eigenvalue weighted by Gasteiger charge is 2.30. The number of likely N-dealkylation sites (tertiary alicyclic amines) is 1. The molecular weight excluding hydrogens is 528 g/mol. The minimum Gasteiger partial charge on any atom is -0.354 e. The lowest BCUT2D eigenvalue weighted by molar-refractivity contribution is -0.384. The largest absolute Gasteiger partial charge is 0.354 e. The molecule has 0 aliphatic carbocycles. The Kier molecular flexibility index (Phi) is 7.83. The van der Waals surface area contributed by atoms with E-state index in [0.29, 0.717) is 22.5 Å². The number of amides is 1. The number of non-ortho nitro benzene ring substituents is 1. The van der Waals surface area contributed by atoms with E-state index in [2.05, 4.69) is 32.7 Å². The van der Waals surface area contributed by atoms with Crippen LogP contribution in [0.4, 0.5) is 17.1 Å². The molecule has 214 valence electrons. The summed E-state index contributed by atoms with van der Waals surface area (Å²) in [7, 11) is 1.93. The second-order valence-corrected chi connectivity index (χ2v) is 11.0. The first-order chi connectivity index (χ1) is 20.4. The van der Waals surface area contributed by atoms with Crippen molar-refractivity contribution >= 4 is 34.2 Å². The van der Waals surface area contributed by atoms with Gasteiger partial charge in [0.15, 0.2) is 0 Å². The number of piperidine rings is 1. The Labute approximate surface area is 245 Å². The van der Waals surface area contributed by atoms with Crippen LogP contribution in [0.3, 0.4) is 0 Å². The Morgan fingerprint density at radius 3 is 2.48 bits per heavy atom. The first kappa shape index (κ1) is 27.4. The average Bonchev–Trinajstić information content (AvgIpc) is 3.59. The van der Waals surface area contributed by atoms with Gasteiger partial charge in [0, 0.05) is 47.9 Å². The summed E-state index contributed by atoms with van der Waals surface area (Å²) >= 11 is 0. The van der Waals surface area contributed by atoms with Crippen LogP contribution in [0.15, 0.2) is 79.3 Å². The summed E-state index contributed by atoms with van der Waals surface area (Å²) in [5.74, 6) is -0.302. The number of imidazole rings is 1. The summed E-state index contributed by atoms with van der Waals surface area (Å²) in [6, 6.07) is 20.6. The SMILES string of the molecule is Cn1cnc(-c2ccc(NC(=C3C(=O)Nc4ccc([N+](=O)[O-])cc43)c3ccc(CCCN4CCCCC4)cc3)cc2)c1. The molecule has 6 rings (SSSR count). The van der Waals surface area contributed by atoms with Gasteiger partial charge in [0.2, 0.25) is 0 Å². The van der Waals surface area contributed by atoms with E-state index in [1.165, 1.54) is 50.0 Å². The maximum Gasteiger partial charge on any atom is 0.270 e. The van der Waals surface area contributed by atoms with Gasteiger partial charge >= 0.3 is 0 Å². The molecule has 0 atom stereocenters. The summed E-state index contributed by atoms with van der Waals surface area (Å²) in [5, 5.41) is 17.9. The predicted octanol–water partition coefficient (Wildman–Crippen LogP) is 6.35. The van der Waals surface area contributed by atoms with Crippen LogP contribution in [0, 0.1) is 10.1 Å². The van der Waals surface area contributed by atoms with E-state index < -0.39 is 4.92 Å². The fourth-order valence-electron chi connectivity index (χ4n) is 5.75. The minimum atomic E-state index is -0.442. The van der Waals surface area contributed by atoms with Crippen LogP contribution >= 0.6 is 0 Å². The lowest BCUT2D eigenvalue weighted by Crippen LogP contribution is -2.30. The highest BCUT2D eigenvalue weighted by molar-refractivity contribution is 6.37. The number of aryl methyl sites for hydroxylation is 2. The molecule has 3 aromatic carbocycles. The van der Waals surface area contributed by atoms with Crippen LogP contribution < -0.4 is 10.6 Å². The molecule has 0 spiro atoms. The van der Waals surface area contributed by atoms with E-state index in [-0.39, 0.29) is 11.6 Å². The molecule has 0 bridgehead atoms. The topological polar surface area (TPSA) is 105 Å². The van der Waals surface area contributed by atoms with Crippen molar-refractivity contribution in [2.45, 2.75) is 32.1 Å². The Morgan fingerprint density at radius 2 is 1.79 bits per heavy atom. The third kappa shape index (κ3) is 5.96. The third-order valence-electron chi connectivity index (χ3n) is 7.99. The third-order valence-corrected chi connectivity index (χ3v) is 7.99. The van der Waals surface area contributed by atoms with Crippen molar-refractivity contribution in [2.75, 3.05) is 30.3 Å². The lowest BCUT2D eigenvalue weighted by atomic mass is 9.98. The van der Waals surface area contributed by atoms with Gasteiger partial charge in [-0.2, -0.15) is 0 Å². The fourth-order valence-corrected chi connectivity index (χ4v) is 5.75. The van der Waals surface area contributed by atoms with Crippen molar-refractivity contribution in [2.24, 2.45) is 7.05 Å². The number of nitro groups is 1. The molecule has 0 saturated carbocycles. The number of hydrogen-bond acceptors (Lipinski definition) is 6. The smallest absolute Gasteiger partial charge is 0.270 e. The number of nitrogens with zero attached hydrogens (tertiary/aromatic N) is 4. The molecular formula is C33H34N6O3. The maximum absolute atomic E-state index is 13.3. The van der Waals surface area contributed by atoms with E-state index >= 15 is 0 Å². The van der Waals surface area contributed by atoms with Crippen LogP contribution in [0.2, 0.25) is 0 Å². The zero-order chi connectivity index (χ0) is 29.1. The van der Waals surface area contributed by atoms with Gasteiger partial charge in [-0.05, 0) is 74.6 Å². The number of benzene rings is 3. The number of anilines is 2. The Bertz CT molecular complexity index is 1630. The van der Waals surface area contributed by atoms with Crippen molar-refractivity contribution in [1.29, 1.82) is 0 Å². The van der Waals surface area contributed by atoms with E-state index in [1.54, 1.807) is 12.4 Å². The number of carbonyl (C=O) groups excluding carboxylic acids is 1. The van der Waals surface area contributed by atoms with Gasteiger partial charge in [-0.25, -0.2) is 4.98 Å². The van der Waals surface area contributed by atoms with Crippen molar-refractivity contribution in [3.63, 3.8) is 0 Å². The van der Waals surface area contributed by atoms with E-state index in [9.17, 15) is 14.9 Å². The number of carbonyl (C=O) groups is 1. The number of hydrogen-bond donors (Lipinski definition) is 2. The van der Waals surface area contributed by atoms with Crippen LogP contribution in [0.1, 0.15) is 42.4 Å². The van der Waals surface area contributed by atoms with Gasteiger partial charge in [-0.1, -0.05) is 42.8 Å². The fraction of sp³-hybridized carbons (Fsp3) is 0.273. The summed E-state index contributed by atoms with van der Waals surface area (Å²) in [5.41, 5.74) is 6.67. The predicted molar refractivity (Wildman–Crippen MR) is 166 cm³/mol. The van der Waals surface area contributed by atoms with E-state index in [1.807, 2.05) is 54.2 Å². The molecule has 1 saturated heterocycles. The van der Waals surface area contributed by atoms with Crippen molar-refractivity contribution in [3.8, 4) is 11.3 Å². The van der Waals surface area contributed by atoms with Gasteiger partial charge in [-0.15, -0.1) is 0 Å². The summed E-state index contributed by atoms with van der Waals surface area (Å²) in [6.07, 6.45) is 9.74. The maximum atomic E-state index is 13.3. The van der Waals surface area contributed by atoms with Gasteiger partial charge in [0.1, 0.15) is 0 Å². The zero-order valence-corrected chi connectivity index (χ0v) is 23.7. The van der Waals surface area contributed by atoms with Crippen LogP contribution in [0.5, 0.6) is 0 Å². The monoisotopic (exact) mass is 562 g/mol. The second-order valence-electron chi connectivity index (χ2n) is 11.0. The molecule has 9 nitrogen and oxygen atoms in total. The Hall–Kier alpha value is -4.76. The average molecular weight is 563 g/mol. The number of nitro benzene ring substituents is 1. The highest BCUT2D eigenvalue weighted by atomic mass is 16.6. The number of rotatable bonds is 9. The molecule has 1 aromatic heterocycles. The molecule has 4 aromatic rings. The number of aromatic nitrogens is 2.